The second-order valence-electron chi connectivity index (χ2n) is 8.18. The Morgan fingerprint density at radius 3 is 2.50 bits per heavy atom. The standard InChI is InChI=1S/C18H25N3O3/c22-15(9-20-16(23)4-14-8-19-10-21-17(14)24)18-5-11-1-12(6-18)3-13(2-11)7-18/h8,10-13,15,22H,1-7,9H2,(H,20,23)(H,19,21,24). The van der Waals surface area contributed by atoms with Crippen LogP contribution in [-0.4, -0.2) is 33.6 Å². The lowest BCUT2D eigenvalue weighted by Crippen LogP contribution is -2.54. The molecule has 1 aromatic heterocycles. The van der Waals surface area contributed by atoms with Gasteiger partial charge in [-0.2, -0.15) is 0 Å². The average molecular weight is 331 g/mol. The molecule has 0 saturated heterocycles. The Kier molecular flexibility index (Phi) is 3.95. The molecule has 6 heteroatoms. The third kappa shape index (κ3) is 2.88. The van der Waals surface area contributed by atoms with Crippen LogP contribution in [-0.2, 0) is 11.2 Å². The van der Waals surface area contributed by atoms with E-state index in [1.807, 2.05) is 0 Å². The summed E-state index contributed by atoms with van der Waals surface area (Å²) in [7, 11) is 0. The summed E-state index contributed by atoms with van der Waals surface area (Å²) in [5.41, 5.74) is 0.0643. The molecule has 130 valence electrons. The number of carbonyl (C=O) groups is 1. The minimum Gasteiger partial charge on any atom is -0.391 e. The fourth-order valence-corrected chi connectivity index (χ4v) is 5.75. The summed E-state index contributed by atoms with van der Waals surface area (Å²) in [5.74, 6) is 2.08. The van der Waals surface area contributed by atoms with Gasteiger partial charge in [0.2, 0.25) is 5.91 Å². The second-order valence-corrected chi connectivity index (χ2v) is 8.18. The Balaban J connectivity index is 1.35. The molecule has 1 amide bonds. The Bertz CT molecular complexity index is 649. The van der Waals surface area contributed by atoms with E-state index in [4.69, 9.17) is 0 Å². The first-order valence-corrected chi connectivity index (χ1v) is 9.00. The van der Waals surface area contributed by atoms with E-state index in [0.717, 1.165) is 37.0 Å². The van der Waals surface area contributed by atoms with Crippen LogP contribution in [0, 0.1) is 23.2 Å². The van der Waals surface area contributed by atoms with E-state index < -0.39 is 6.10 Å². The second kappa shape index (κ2) is 5.99. The van der Waals surface area contributed by atoms with Crippen LogP contribution >= 0.6 is 0 Å². The van der Waals surface area contributed by atoms with Gasteiger partial charge in [-0.1, -0.05) is 0 Å². The van der Waals surface area contributed by atoms with Crippen molar-refractivity contribution in [1.29, 1.82) is 0 Å². The van der Waals surface area contributed by atoms with Crippen molar-refractivity contribution in [2.75, 3.05) is 6.54 Å². The lowest BCUT2D eigenvalue weighted by atomic mass is 9.48. The number of hydrogen-bond acceptors (Lipinski definition) is 4. The highest BCUT2D eigenvalue weighted by Crippen LogP contribution is 2.61. The molecule has 0 spiro atoms. The van der Waals surface area contributed by atoms with Gasteiger partial charge in [0, 0.05) is 18.3 Å². The first-order chi connectivity index (χ1) is 11.5. The highest BCUT2D eigenvalue weighted by Gasteiger charge is 2.53. The highest BCUT2D eigenvalue weighted by atomic mass is 16.3. The molecule has 4 aliphatic rings. The first-order valence-electron chi connectivity index (χ1n) is 9.00. The smallest absolute Gasteiger partial charge is 0.254 e. The molecule has 1 unspecified atom stereocenters. The summed E-state index contributed by atoms with van der Waals surface area (Å²) in [5, 5.41) is 13.6. The van der Waals surface area contributed by atoms with Crippen LogP contribution in [0.1, 0.15) is 44.1 Å². The average Bonchev–Trinajstić information content (AvgIpc) is 2.53. The van der Waals surface area contributed by atoms with Gasteiger partial charge in [0.15, 0.2) is 0 Å². The van der Waals surface area contributed by atoms with Gasteiger partial charge in [-0.05, 0) is 61.7 Å². The Hall–Kier alpha value is -1.69. The van der Waals surface area contributed by atoms with Gasteiger partial charge in [-0.15, -0.1) is 0 Å². The number of hydrogen-bond donors (Lipinski definition) is 3. The SMILES string of the molecule is O=C(Cc1cnc[nH]c1=O)NCC(O)C12CC3CC(CC(C3)C1)C2. The molecular weight excluding hydrogens is 306 g/mol. The van der Waals surface area contributed by atoms with Gasteiger partial charge in [-0.3, -0.25) is 9.59 Å². The number of aliphatic hydroxyl groups is 1. The van der Waals surface area contributed by atoms with Crippen LogP contribution in [0.15, 0.2) is 17.3 Å². The fraction of sp³-hybridized carbons (Fsp3) is 0.722. The van der Waals surface area contributed by atoms with E-state index in [1.54, 1.807) is 0 Å². The topological polar surface area (TPSA) is 95.1 Å². The zero-order valence-corrected chi connectivity index (χ0v) is 13.8. The molecule has 4 bridgehead atoms. The van der Waals surface area contributed by atoms with Crippen molar-refractivity contribution in [3.8, 4) is 0 Å². The number of nitrogens with zero attached hydrogens (tertiary/aromatic N) is 1. The summed E-state index contributed by atoms with van der Waals surface area (Å²) >= 11 is 0. The predicted octanol–water partition coefficient (Wildman–Crippen LogP) is 1.01. The normalized spacial score (nSPS) is 35.0. The zero-order chi connectivity index (χ0) is 16.7. The molecular formula is C18H25N3O3. The van der Waals surface area contributed by atoms with E-state index in [2.05, 4.69) is 15.3 Å². The monoisotopic (exact) mass is 331 g/mol. The number of aliphatic hydroxyl groups excluding tert-OH is 1. The van der Waals surface area contributed by atoms with Gasteiger partial charge in [0.05, 0.1) is 18.9 Å². The van der Waals surface area contributed by atoms with Crippen molar-refractivity contribution in [2.45, 2.75) is 51.0 Å². The van der Waals surface area contributed by atoms with Crippen LogP contribution in [0.25, 0.3) is 0 Å². The lowest BCUT2D eigenvalue weighted by Gasteiger charge is -2.58. The van der Waals surface area contributed by atoms with Gasteiger partial charge in [0.1, 0.15) is 0 Å². The number of amides is 1. The Labute approximate surface area is 141 Å². The van der Waals surface area contributed by atoms with Gasteiger partial charge in [0.25, 0.3) is 5.56 Å². The van der Waals surface area contributed by atoms with Crippen molar-refractivity contribution < 1.29 is 9.90 Å². The highest BCUT2D eigenvalue weighted by molar-refractivity contribution is 5.78. The first kappa shape index (κ1) is 15.8. The molecule has 1 heterocycles. The number of rotatable bonds is 5. The minimum atomic E-state index is -0.484. The molecule has 1 atom stereocenters. The van der Waals surface area contributed by atoms with E-state index in [-0.39, 0.29) is 29.8 Å². The molecule has 4 aliphatic carbocycles. The summed E-state index contributed by atoms with van der Waals surface area (Å²) in [6.07, 6.45) is 9.56. The molecule has 0 aromatic carbocycles. The van der Waals surface area contributed by atoms with Crippen molar-refractivity contribution >= 4 is 5.91 Å². The summed E-state index contributed by atoms with van der Waals surface area (Å²) < 4.78 is 0. The number of aromatic nitrogens is 2. The van der Waals surface area contributed by atoms with Crippen molar-refractivity contribution in [2.24, 2.45) is 23.2 Å². The molecule has 1 aromatic rings. The Morgan fingerprint density at radius 1 is 1.29 bits per heavy atom. The summed E-state index contributed by atoms with van der Waals surface area (Å²) in [4.78, 5) is 30.0. The summed E-state index contributed by atoms with van der Waals surface area (Å²) in [6.45, 7) is 0.281. The maximum atomic E-state index is 12.1. The van der Waals surface area contributed by atoms with Crippen LogP contribution < -0.4 is 10.9 Å². The number of H-pyrrole nitrogens is 1. The van der Waals surface area contributed by atoms with E-state index in [1.165, 1.54) is 31.8 Å². The van der Waals surface area contributed by atoms with Gasteiger partial charge < -0.3 is 15.4 Å². The van der Waals surface area contributed by atoms with E-state index in [9.17, 15) is 14.7 Å². The minimum absolute atomic E-state index is 0.00321. The number of aromatic amines is 1. The Morgan fingerprint density at radius 2 is 1.92 bits per heavy atom. The number of carbonyl (C=O) groups excluding carboxylic acids is 1. The molecule has 0 aliphatic heterocycles. The van der Waals surface area contributed by atoms with Crippen LogP contribution in [0.3, 0.4) is 0 Å². The largest absolute Gasteiger partial charge is 0.391 e. The summed E-state index contributed by atoms with van der Waals surface area (Å²) in [6, 6.07) is 0. The maximum Gasteiger partial charge on any atom is 0.254 e. The third-order valence-corrected chi connectivity index (χ3v) is 6.43. The van der Waals surface area contributed by atoms with Crippen LogP contribution in [0.2, 0.25) is 0 Å². The van der Waals surface area contributed by atoms with E-state index in [0.29, 0.717) is 5.56 Å². The van der Waals surface area contributed by atoms with Crippen molar-refractivity contribution in [3.63, 3.8) is 0 Å². The van der Waals surface area contributed by atoms with Crippen LogP contribution in [0.4, 0.5) is 0 Å². The molecule has 4 saturated carbocycles. The van der Waals surface area contributed by atoms with Crippen molar-refractivity contribution in [1.82, 2.24) is 15.3 Å². The van der Waals surface area contributed by atoms with Gasteiger partial charge >= 0.3 is 0 Å². The predicted molar refractivity (Wildman–Crippen MR) is 88.2 cm³/mol. The molecule has 3 N–H and O–H groups in total. The molecule has 5 rings (SSSR count). The van der Waals surface area contributed by atoms with Crippen molar-refractivity contribution in [3.05, 3.63) is 28.4 Å². The zero-order valence-electron chi connectivity index (χ0n) is 13.8. The molecule has 24 heavy (non-hydrogen) atoms. The molecule has 0 radical (unpaired) electrons. The van der Waals surface area contributed by atoms with Gasteiger partial charge in [-0.25, -0.2) is 4.98 Å². The third-order valence-electron chi connectivity index (χ3n) is 6.43. The fourth-order valence-electron chi connectivity index (χ4n) is 5.75. The van der Waals surface area contributed by atoms with E-state index >= 15 is 0 Å². The molecule has 6 nitrogen and oxygen atoms in total. The lowest BCUT2D eigenvalue weighted by molar-refractivity contribution is -0.128. The maximum absolute atomic E-state index is 12.1. The number of nitrogens with one attached hydrogen (secondary N) is 2. The molecule has 4 fully saturated rings. The quantitative estimate of drug-likeness (QED) is 0.750. The van der Waals surface area contributed by atoms with Crippen LogP contribution in [0.5, 0.6) is 0 Å².